The highest BCUT2D eigenvalue weighted by Gasteiger charge is 2.16. The lowest BCUT2D eigenvalue weighted by Gasteiger charge is -2.08. The van der Waals surface area contributed by atoms with E-state index in [-0.39, 0.29) is 10.5 Å². The Morgan fingerprint density at radius 1 is 1.19 bits per heavy atom. The number of benzene rings is 2. The SMILES string of the molecule is Cc1cc(S(=O)(=O)Nc2ccc3ncoc3c2)ccc1F. The van der Waals surface area contributed by atoms with Gasteiger partial charge >= 0.3 is 0 Å². The van der Waals surface area contributed by atoms with E-state index in [0.717, 1.165) is 6.07 Å². The Balaban J connectivity index is 1.96. The highest BCUT2D eigenvalue weighted by atomic mass is 32.2. The van der Waals surface area contributed by atoms with Gasteiger partial charge in [0.1, 0.15) is 11.3 Å². The molecule has 1 N–H and O–H groups in total. The van der Waals surface area contributed by atoms with Gasteiger partial charge in [0.15, 0.2) is 12.0 Å². The van der Waals surface area contributed by atoms with Crippen molar-refractivity contribution in [3.63, 3.8) is 0 Å². The van der Waals surface area contributed by atoms with Crippen LogP contribution in [0.2, 0.25) is 0 Å². The van der Waals surface area contributed by atoms with Gasteiger partial charge in [-0.15, -0.1) is 0 Å². The van der Waals surface area contributed by atoms with Crippen LogP contribution in [0.4, 0.5) is 10.1 Å². The summed E-state index contributed by atoms with van der Waals surface area (Å²) < 4.78 is 45.3. The largest absolute Gasteiger partial charge is 0.443 e. The summed E-state index contributed by atoms with van der Waals surface area (Å²) in [5.41, 5.74) is 1.73. The molecular formula is C14H11FN2O3S. The van der Waals surface area contributed by atoms with Gasteiger partial charge < -0.3 is 4.42 Å². The number of halogens is 1. The molecule has 7 heteroatoms. The monoisotopic (exact) mass is 306 g/mol. The lowest BCUT2D eigenvalue weighted by Crippen LogP contribution is -2.13. The first kappa shape index (κ1) is 13.6. The van der Waals surface area contributed by atoms with Gasteiger partial charge in [-0.2, -0.15) is 0 Å². The third kappa shape index (κ3) is 2.59. The molecule has 0 aliphatic carbocycles. The van der Waals surface area contributed by atoms with Crippen molar-refractivity contribution in [2.45, 2.75) is 11.8 Å². The number of sulfonamides is 1. The van der Waals surface area contributed by atoms with Crippen LogP contribution in [0.25, 0.3) is 11.1 Å². The molecule has 0 spiro atoms. The first-order valence-corrected chi connectivity index (χ1v) is 7.56. The molecule has 108 valence electrons. The summed E-state index contributed by atoms with van der Waals surface area (Å²) >= 11 is 0. The molecule has 0 saturated carbocycles. The van der Waals surface area contributed by atoms with Gasteiger partial charge in [0.05, 0.1) is 10.6 Å². The van der Waals surface area contributed by atoms with Crippen LogP contribution < -0.4 is 4.72 Å². The number of rotatable bonds is 3. The molecule has 0 aliphatic heterocycles. The first-order valence-electron chi connectivity index (χ1n) is 6.08. The van der Waals surface area contributed by atoms with E-state index in [1.54, 1.807) is 12.1 Å². The van der Waals surface area contributed by atoms with E-state index in [9.17, 15) is 12.8 Å². The molecule has 1 aromatic heterocycles. The van der Waals surface area contributed by atoms with Gasteiger partial charge in [0, 0.05) is 6.07 Å². The molecule has 0 bridgehead atoms. The molecule has 3 rings (SSSR count). The van der Waals surface area contributed by atoms with Crippen molar-refractivity contribution in [2.75, 3.05) is 4.72 Å². The van der Waals surface area contributed by atoms with Gasteiger partial charge in [-0.1, -0.05) is 0 Å². The molecule has 1 heterocycles. The molecule has 0 atom stereocenters. The lowest BCUT2D eigenvalue weighted by molar-refractivity contribution is 0.598. The van der Waals surface area contributed by atoms with E-state index in [0.29, 0.717) is 16.8 Å². The van der Waals surface area contributed by atoms with E-state index in [2.05, 4.69) is 9.71 Å². The molecule has 0 aliphatic rings. The third-order valence-corrected chi connectivity index (χ3v) is 4.40. The summed E-state index contributed by atoms with van der Waals surface area (Å²) in [6, 6.07) is 8.40. The van der Waals surface area contributed by atoms with E-state index in [4.69, 9.17) is 4.42 Å². The number of nitrogens with zero attached hydrogens (tertiary/aromatic N) is 1. The standard InChI is InChI=1S/C14H11FN2O3S/c1-9-6-11(3-4-12(9)15)21(18,19)17-10-2-5-13-14(7-10)20-8-16-13/h2-8,17H,1H3. The summed E-state index contributed by atoms with van der Waals surface area (Å²) in [6.07, 6.45) is 1.28. The minimum absolute atomic E-state index is 0.000864. The van der Waals surface area contributed by atoms with Crippen molar-refractivity contribution >= 4 is 26.8 Å². The Hall–Kier alpha value is -2.41. The zero-order valence-corrected chi connectivity index (χ0v) is 11.8. The molecule has 0 saturated heterocycles. The van der Waals surface area contributed by atoms with Crippen molar-refractivity contribution in [3.8, 4) is 0 Å². The van der Waals surface area contributed by atoms with E-state index in [1.165, 1.54) is 31.5 Å². The van der Waals surface area contributed by atoms with Crippen molar-refractivity contribution in [2.24, 2.45) is 0 Å². The number of hydrogen-bond donors (Lipinski definition) is 1. The van der Waals surface area contributed by atoms with Gasteiger partial charge in [0.25, 0.3) is 10.0 Å². The average molecular weight is 306 g/mol. The van der Waals surface area contributed by atoms with Crippen molar-refractivity contribution < 1.29 is 17.2 Å². The molecule has 2 aromatic carbocycles. The summed E-state index contributed by atoms with van der Waals surface area (Å²) in [6.45, 7) is 1.51. The predicted molar refractivity (Wildman–Crippen MR) is 76.0 cm³/mol. The molecular weight excluding hydrogens is 295 g/mol. The Morgan fingerprint density at radius 3 is 2.76 bits per heavy atom. The maximum Gasteiger partial charge on any atom is 0.261 e. The fourth-order valence-electron chi connectivity index (χ4n) is 1.92. The minimum Gasteiger partial charge on any atom is -0.443 e. The predicted octanol–water partition coefficient (Wildman–Crippen LogP) is 3.08. The number of fused-ring (bicyclic) bond motifs is 1. The van der Waals surface area contributed by atoms with Crippen LogP contribution >= 0.6 is 0 Å². The van der Waals surface area contributed by atoms with Gasteiger partial charge in [-0.25, -0.2) is 17.8 Å². The highest BCUT2D eigenvalue weighted by molar-refractivity contribution is 7.92. The average Bonchev–Trinajstić information content (AvgIpc) is 2.88. The fourth-order valence-corrected chi connectivity index (χ4v) is 3.05. The number of nitrogens with one attached hydrogen (secondary N) is 1. The summed E-state index contributed by atoms with van der Waals surface area (Å²) in [7, 11) is -3.78. The Labute approximate surface area is 120 Å². The van der Waals surface area contributed by atoms with Crippen molar-refractivity contribution in [1.29, 1.82) is 0 Å². The van der Waals surface area contributed by atoms with Gasteiger partial charge in [-0.05, 0) is 42.8 Å². The normalized spacial score (nSPS) is 11.7. The highest BCUT2D eigenvalue weighted by Crippen LogP contribution is 2.22. The maximum atomic E-state index is 13.2. The number of aryl methyl sites for hydroxylation is 1. The molecule has 0 radical (unpaired) electrons. The molecule has 21 heavy (non-hydrogen) atoms. The maximum absolute atomic E-state index is 13.2. The topological polar surface area (TPSA) is 72.2 Å². The van der Waals surface area contributed by atoms with Crippen LogP contribution in [0.1, 0.15) is 5.56 Å². The number of hydrogen-bond acceptors (Lipinski definition) is 4. The van der Waals surface area contributed by atoms with Gasteiger partial charge in [-0.3, -0.25) is 4.72 Å². The van der Waals surface area contributed by atoms with Crippen LogP contribution in [-0.4, -0.2) is 13.4 Å². The molecule has 3 aromatic rings. The quantitative estimate of drug-likeness (QED) is 0.807. The fraction of sp³-hybridized carbons (Fsp3) is 0.0714. The Kier molecular flexibility index (Phi) is 3.13. The lowest BCUT2D eigenvalue weighted by atomic mass is 10.2. The van der Waals surface area contributed by atoms with Crippen LogP contribution in [0.5, 0.6) is 0 Å². The number of anilines is 1. The van der Waals surface area contributed by atoms with Crippen molar-refractivity contribution in [1.82, 2.24) is 4.98 Å². The summed E-state index contributed by atoms with van der Waals surface area (Å²) in [4.78, 5) is 3.95. The van der Waals surface area contributed by atoms with Crippen LogP contribution in [0.15, 0.2) is 52.1 Å². The number of oxazole rings is 1. The first-order chi connectivity index (χ1) is 9.95. The smallest absolute Gasteiger partial charge is 0.261 e. The zero-order chi connectivity index (χ0) is 15.0. The van der Waals surface area contributed by atoms with E-state index in [1.807, 2.05) is 0 Å². The van der Waals surface area contributed by atoms with Crippen molar-refractivity contribution in [3.05, 3.63) is 54.2 Å². The number of aromatic nitrogens is 1. The second kappa shape index (κ2) is 4.85. The second-order valence-corrected chi connectivity index (χ2v) is 6.23. The van der Waals surface area contributed by atoms with Crippen LogP contribution in [0, 0.1) is 12.7 Å². The summed E-state index contributed by atoms with van der Waals surface area (Å²) in [5, 5.41) is 0. The molecule has 5 nitrogen and oxygen atoms in total. The summed E-state index contributed by atoms with van der Waals surface area (Å²) in [5.74, 6) is -0.447. The van der Waals surface area contributed by atoms with E-state index >= 15 is 0 Å². The minimum atomic E-state index is -3.78. The Bertz CT molecular complexity index is 919. The zero-order valence-electron chi connectivity index (χ0n) is 11.0. The molecule has 0 fully saturated rings. The molecule has 0 unspecified atom stereocenters. The van der Waals surface area contributed by atoms with Crippen LogP contribution in [-0.2, 0) is 10.0 Å². The third-order valence-electron chi connectivity index (χ3n) is 3.02. The molecule has 0 amide bonds. The Morgan fingerprint density at radius 2 is 2.00 bits per heavy atom. The second-order valence-electron chi connectivity index (χ2n) is 4.55. The van der Waals surface area contributed by atoms with Gasteiger partial charge in [0.2, 0.25) is 0 Å². The van der Waals surface area contributed by atoms with Crippen LogP contribution in [0.3, 0.4) is 0 Å². The van der Waals surface area contributed by atoms with E-state index < -0.39 is 15.8 Å².